The summed E-state index contributed by atoms with van der Waals surface area (Å²) < 4.78 is 19.7. The van der Waals surface area contributed by atoms with E-state index >= 15 is 0 Å². The van der Waals surface area contributed by atoms with Crippen molar-refractivity contribution in [2.24, 2.45) is 0 Å². The van der Waals surface area contributed by atoms with Crippen LogP contribution < -0.4 is 4.74 Å². The SMILES string of the molecule is CC(C)N1C(=O)S/C(=C\c2cc(Br)ccc2OCc2ccc(F)cc2)C1=O. The van der Waals surface area contributed by atoms with Crippen LogP contribution in [0.1, 0.15) is 25.0 Å². The number of imide groups is 1. The van der Waals surface area contributed by atoms with Crippen LogP contribution in [-0.4, -0.2) is 22.1 Å². The van der Waals surface area contributed by atoms with Gasteiger partial charge >= 0.3 is 0 Å². The van der Waals surface area contributed by atoms with Gasteiger partial charge in [-0.25, -0.2) is 4.39 Å². The molecule has 1 heterocycles. The van der Waals surface area contributed by atoms with Crippen LogP contribution in [0, 0.1) is 5.82 Å². The molecule has 0 atom stereocenters. The zero-order valence-corrected chi connectivity index (χ0v) is 17.1. The van der Waals surface area contributed by atoms with Crippen molar-refractivity contribution in [3.63, 3.8) is 0 Å². The normalized spacial score (nSPS) is 15.9. The fourth-order valence-electron chi connectivity index (χ4n) is 2.57. The number of carbonyl (C=O) groups excluding carboxylic acids is 2. The summed E-state index contributed by atoms with van der Waals surface area (Å²) in [5, 5.41) is -0.273. The number of thioether (sulfide) groups is 1. The Morgan fingerprint density at radius 1 is 1.19 bits per heavy atom. The van der Waals surface area contributed by atoms with Gasteiger partial charge in [0.25, 0.3) is 11.1 Å². The Balaban J connectivity index is 1.85. The zero-order chi connectivity index (χ0) is 19.6. The van der Waals surface area contributed by atoms with E-state index in [1.807, 2.05) is 12.1 Å². The van der Waals surface area contributed by atoms with Crippen molar-refractivity contribution in [3.8, 4) is 5.75 Å². The molecule has 1 fully saturated rings. The molecule has 0 aromatic heterocycles. The molecule has 2 aromatic carbocycles. The standard InChI is InChI=1S/C20H17BrFNO3S/c1-12(2)23-19(24)18(27-20(23)25)10-14-9-15(21)5-8-17(14)26-11-13-3-6-16(22)7-4-13/h3-10,12H,11H2,1-2H3/b18-10-. The number of rotatable bonds is 5. The monoisotopic (exact) mass is 449 g/mol. The maximum absolute atomic E-state index is 13.0. The molecule has 0 radical (unpaired) electrons. The second-order valence-corrected chi connectivity index (χ2v) is 8.15. The fourth-order valence-corrected chi connectivity index (χ4v) is 3.90. The van der Waals surface area contributed by atoms with Crippen LogP contribution in [0.5, 0.6) is 5.75 Å². The lowest BCUT2D eigenvalue weighted by Gasteiger charge is -2.16. The number of ether oxygens (including phenoxy) is 1. The summed E-state index contributed by atoms with van der Waals surface area (Å²) in [5.41, 5.74) is 1.51. The first kappa shape index (κ1) is 19.6. The molecule has 1 aliphatic rings. The summed E-state index contributed by atoms with van der Waals surface area (Å²) in [6.07, 6.45) is 1.66. The van der Waals surface area contributed by atoms with Crippen LogP contribution in [0.3, 0.4) is 0 Å². The number of amides is 2. The largest absolute Gasteiger partial charge is 0.488 e. The van der Waals surface area contributed by atoms with Gasteiger partial charge in [-0.15, -0.1) is 0 Å². The first-order valence-electron chi connectivity index (χ1n) is 8.29. The first-order valence-corrected chi connectivity index (χ1v) is 9.90. The molecule has 3 rings (SSSR count). The van der Waals surface area contributed by atoms with Crippen molar-refractivity contribution < 1.29 is 18.7 Å². The van der Waals surface area contributed by atoms with Gasteiger partial charge in [0.05, 0.1) is 4.91 Å². The van der Waals surface area contributed by atoms with E-state index in [1.54, 1.807) is 38.1 Å². The summed E-state index contributed by atoms with van der Waals surface area (Å²) in [6, 6.07) is 11.3. The summed E-state index contributed by atoms with van der Waals surface area (Å²) in [4.78, 5) is 26.2. The third-order valence-corrected chi connectivity index (χ3v) is 5.28. The van der Waals surface area contributed by atoms with E-state index < -0.39 is 0 Å². The summed E-state index contributed by atoms with van der Waals surface area (Å²) in [6.45, 7) is 3.86. The maximum atomic E-state index is 13.0. The van der Waals surface area contributed by atoms with Crippen molar-refractivity contribution >= 4 is 44.9 Å². The van der Waals surface area contributed by atoms with Gasteiger partial charge in [0, 0.05) is 16.1 Å². The molecule has 7 heteroatoms. The van der Waals surface area contributed by atoms with Crippen molar-refractivity contribution in [2.75, 3.05) is 0 Å². The fraction of sp³-hybridized carbons (Fsp3) is 0.200. The van der Waals surface area contributed by atoms with Crippen LogP contribution in [0.4, 0.5) is 9.18 Å². The Bertz CT molecular complexity index is 912. The average Bonchev–Trinajstić information content (AvgIpc) is 2.89. The molecule has 2 aromatic rings. The van der Waals surface area contributed by atoms with Crippen LogP contribution in [-0.2, 0) is 11.4 Å². The Hall–Kier alpha value is -2.12. The molecule has 140 valence electrons. The van der Waals surface area contributed by atoms with E-state index in [1.165, 1.54) is 17.0 Å². The number of carbonyl (C=O) groups is 2. The zero-order valence-electron chi connectivity index (χ0n) is 14.7. The van der Waals surface area contributed by atoms with Crippen molar-refractivity contribution in [2.45, 2.75) is 26.5 Å². The van der Waals surface area contributed by atoms with Crippen LogP contribution in [0.15, 0.2) is 51.8 Å². The summed E-state index contributed by atoms with van der Waals surface area (Å²) in [5.74, 6) is -0.0349. The summed E-state index contributed by atoms with van der Waals surface area (Å²) in [7, 11) is 0. The lowest BCUT2D eigenvalue weighted by atomic mass is 10.1. The number of benzene rings is 2. The van der Waals surface area contributed by atoms with E-state index in [4.69, 9.17) is 4.74 Å². The van der Waals surface area contributed by atoms with E-state index in [9.17, 15) is 14.0 Å². The smallest absolute Gasteiger partial charge is 0.293 e. The molecule has 0 bridgehead atoms. The highest BCUT2D eigenvalue weighted by Gasteiger charge is 2.36. The molecule has 0 unspecified atom stereocenters. The molecule has 0 saturated carbocycles. The van der Waals surface area contributed by atoms with Crippen molar-refractivity contribution in [1.29, 1.82) is 0 Å². The third kappa shape index (κ3) is 4.59. The average molecular weight is 450 g/mol. The number of hydrogen-bond donors (Lipinski definition) is 0. The molecule has 4 nitrogen and oxygen atoms in total. The molecule has 1 saturated heterocycles. The molecule has 0 aliphatic carbocycles. The highest BCUT2D eigenvalue weighted by molar-refractivity contribution is 9.10. The second kappa shape index (κ2) is 8.27. The van der Waals surface area contributed by atoms with Gasteiger partial charge in [-0.1, -0.05) is 28.1 Å². The topological polar surface area (TPSA) is 46.6 Å². The van der Waals surface area contributed by atoms with E-state index in [2.05, 4.69) is 15.9 Å². The number of halogens is 2. The number of hydrogen-bond acceptors (Lipinski definition) is 4. The molecule has 1 aliphatic heterocycles. The van der Waals surface area contributed by atoms with Crippen LogP contribution in [0.25, 0.3) is 6.08 Å². The van der Waals surface area contributed by atoms with Crippen molar-refractivity contribution in [1.82, 2.24) is 4.90 Å². The lowest BCUT2D eigenvalue weighted by molar-refractivity contribution is -0.123. The molecular formula is C20H17BrFNO3S. The van der Waals surface area contributed by atoms with Gasteiger partial charge in [0.15, 0.2) is 0 Å². The highest BCUT2D eigenvalue weighted by atomic mass is 79.9. The Kier molecular flexibility index (Phi) is 6.01. The number of nitrogens with zero attached hydrogens (tertiary/aromatic N) is 1. The predicted octanol–water partition coefficient (Wildman–Crippen LogP) is 5.61. The van der Waals surface area contributed by atoms with Crippen LogP contribution >= 0.6 is 27.7 Å². The van der Waals surface area contributed by atoms with E-state index in [0.29, 0.717) is 16.2 Å². The highest BCUT2D eigenvalue weighted by Crippen LogP contribution is 2.36. The Labute approximate surface area is 169 Å². The summed E-state index contributed by atoms with van der Waals surface area (Å²) >= 11 is 4.34. The van der Waals surface area contributed by atoms with Gasteiger partial charge < -0.3 is 4.74 Å². The molecule has 0 spiro atoms. The predicted molar refractivity (Wildman–Crippen MR) is 108 cm³/mol. The van der Waals surface area contributed by atoms with Crippen molar-refractivity contribution in [3.05, 3.63) is 68.8 Å². The van der Waals surface area contributed by atoms with Gasteiger partial charge in [-0.05, 0) is 67.6 Å². The molecule has 27 heavy (non-hydrogen) atoms. The van der Waals surface area contributed by atoms with Gasteiger partial charge in [-0.2, -0.15) is 0 Å². The maximum Gasteiger partial charge on any atom is 0.293 e. The lowest BCUT2D eigenvalue weighted by Crippen LogP contribution is -2.34. The molecular weight excluding hydrogens is 433 g/mol. The molecule has 2 amide bonds. The molecule has 0 N–H and O–H groups in total. The quantitative estimate of drug-likeness (QED) is 0.556. The Morgan fingerprint density at radius 3 is 2.52 bits per heavy atom. The minimum atomic E-state index is -0.302. The van der Waals surface area contributed by atoms with Crippen LogP contribution in [0.2, 0.25) is 0 Å². The van der Waals surface area contributed by atoms with Gasteiger partial charge in [0.2, 0.25) is 0 Å². The Morgan fingerprint density at radius 2 is 1.89 bits per heavy atom. The second-order valence-electron chi connectivity index (χ2n) is 6.24. The first-order chi connectivity index (χ1) is 12.8. The van der Waals surface area contributed by atoms with E-state index in [0.717, 1.165) is 21.8 Å². The minimum absolute atomic E-state index is 0.194. The minimum Gasteiger partial charge on any atom is -0.488 e. The van der Waals surface area contributed by atoms with Gasteiger partial charge in [0.1, 0.15) is 18.2 Å². The third-order valence-electron chi connectivity index (χ3n) is 3.91. The van der Waals surface area contributed by atoms with Gasteiger partial charge in [-0.3, -0.25) is 14.5 Å². The van der Waals surface area contributed by atoms with E-state index in [-0.39, 0.29) is 29.6 Å².